The zero-order valence-corrected chi connectivity index (χ0v) is 9.31. The molecule has 0 aliphatic carbocycles. The quantitative estimate of drug-likeness (QED) is 0.794. The van der Waals surface area contributed by atoms with Crippen molar-refractivity contribution < 1.29 is 4.74 Å². The topological polar surface area (TPSA) is 57.1 Å². The highest BCUT2D eigenvalue weighted by atomic mass is 79.9. The van der Waals surface area contributed by atoms with Crippen LogP contribution in [0.4, 0.5) is 0 Å². The fourth-order valence-corrected chi connectivity index (χ4v) is 1.57. The number of nitrogens with zero attached hydrogens (tertiary/aromatic N) is 1. The average Bonchev–Trinajstić information content (AvgIpc) is 2.02. The first kappa shape index (κ1) is 10.9. The molecule has 0 saturated carbocycles. The van der Waals surface area contributed by atoms with Gasteiger partial charge in [-0.2, -0.15) is 0 Å². The third-order valence-electron chi connectivity index (χ3n) is 1.85. The fourth-order valence-electron chi connectivity index (χ4n) is 1.07. The minimum absolute atomic E-state index is 0. The number of hydrogen-bond acceptors (Lipinski definition) is 3. The minimum Gasteiger partial charge on any atom is -0.377 e. The van der Waals surface area contributed by atoms with Crippen molar-refractivity contribution in [2.75, 3.05) is 13.2 Å². The molecular formula is C8H10BrClN2O. The molecule has 13 heavy (non-hydrogen) atoms. The molecule has 0 aromatic carbocycles. The van der Waals surface area contributed by atoms with Gasteiger partial charge in [-0.15, -0.1) is 11.6 Å². The van der Waals surface area contributed by atoms with Gasteiger partial charge in [-0.25, -0.2) is 0 Å². The number of hydrogen-bond donors (Lipinski definition) is 1. The van der Waals surface area contributed by atoms with E-state index in [1.807, 2.05) is 12.1 Å². The highest BCUT2D eigenvalue weighted by Gasteiger charge is 2.39. The predicted molar refractivity (Wildman–Crippen MR) is 55.3 cm³/mol. The van der Waals surface area contributed by atoms with Crippen LogP contribution in [-0.4, -0.2) is 18.2 Å². The molecule has 0 radical (unpaired) electrons. The van der Waals surface area contributed by atoms with Gasteiger partial charge >= 0.3 is 0 Å². The van der Waals surface area contributed by atoms with Crippen LogP contribution in [0.25, 0.3) is 0 Å². The Balaban J connectivity index is 0.000000845. The summed E-state index contributed by atoms with van der Waals surface area (Å²) in [4.78, 5) is 3.84. The summed E-state index contributed by atoms with van der Waals surface area (Å²) >= 11 is 9.50. The number of alkyl halides is 1. The van der Waals surface area contributed by atoms with Crippen LogP contribution in [0.3, 0.4) is 0 Å². The normalized spacial score (nSPS) is 18.6. The Hall–Kier alpha value is -0.160. The highest BCUT2D eigenvalue weighted by Crippen LogP contribution is 2.35. The van der Waals surface area contributed by atoms with Crippen molar-refractivity contribution in [3.8, 4) is 0 Å². The Labute approximate surface area is 90.2 Å². The lowest BCUT2D eigenvalue weighted by Crippen LogP contribution is -2.42. The first-order valence-corrected chi connectivity index (χ1v) is 4.76. The van der Waals surface area contributed by atoms with E-state index in [9.17, 15) is 0 Å². The summed E-state index contributed by atoms with van der Waals surface area (Å²) in [5.41, 5.74) is 0.888. The van der Waals surface area contributed by atoms with E-state index in [-0.39, 0.29) is 11.0 Å². The maximum Gasteiger partial charge on any atom is 0.133 e. The molecule has 0 bridgehead atoms. The molecule has 0 atom stereocenters. The van der Waals surface area contributed by atoms with Crippen molar-refractivity contribution >= 4 is 27.5 Å². The molecule has 72 valence electrons. The van der Waals surface area contributed by atoms with Crippen molar-refractivity contribution in [1.82, 2.24) is 11.1 Å². The Morgan fingerprint density at radius 2 is 2.15 bits per heavy atom. The van der Waals surface area contributed by atoms with Gasteiger partial charge in [-0.1, -0.05) is 0 Å². The average molecular weight is 266 g/mol. The Kier molecular flexibility index (Phi) is 3.29. The standard InChI is InChI=1S/C8H7BrClNO.H3N/c9-6-1-2-7(11-3-6)8(10)4-12-5-8;/h1-3H,4-5H2;1H3. The monoisotopic (exact) mass is 264 g/mol. The van der Waals surface area contributed by atoms with Gasteiger partial charge in [-0.3, -0.25) is 4.98 Å². The summed E-state index contributed by atoms with van der Waals surface area (Å²) in [6.45, 7) is 1.12. The number of halogens is 2. The van der Waals surface area contributed by atoms with E-state index in [0.29, 0.717) is 13.2 Å². The minimum atomic E-state index is -0.374. The first-order chi connectivity index (χ1) is 5.71. The Morgan fingerprint density at radius 1 is 1.46 bits per heavy atom. The van der Waals surface area contributed by atoms with E-state index < -0.39 is 0 Å². The number of pyridine rings is 1. The fraction of sp³-hybridized carbons (Fsp3) is 0.375. The Morgan fingerprint density at radius 3 is 2.54 bits per heavy atom. The first-order valence-electron chi connectivity index (χ1n) is 3.59. The van der Waals surface area contributed by atoms with E-state index in [1.54, 1.807) is 6.20 Å². The lowest BCUT2D eigenvalue weighted by molar-refractivity contribution is -0.0171. The molecular weight excluding hydrogens is 255 g/mol. The maximum absolute atomic E-state index is 6.18. The molecule has 3 N–H and O–H groups in total. The van der Waals surface area contributed by atoms with Crippen LogP contribution >= 0.6 is 27.5 Å². The second-order valence-electron chi connectivity index (χ2n) is 2.82. The lowest BCUT2D eigenvalue weighted by Gasteiger charge is -2.34. The van der Waals surface area contributed by atoms with Gasteiger partial charge in [0.2, 0.25) is 0 Å². The molecule has 1 aromatic rings. The predicted octanol–water partition coefficient (Wildman–Crippen LogP) is 2.47. The van der Waals surface area contributed by atoms with Gasteiger partial charge in [0.1, 0.15) is 4.87 Å². The molecule has 1 fully saturated rings. The number of rotatable bonds is 1. The van der Waals surface area contributed by atoms with E-state index in [4.69, 9.17) is 16.3 Å². The molecule has 1 aliphatic rings. The van der Waals surface area contributed by atoms with Gasteiger partial charge in [0.15, 0.2) is 0 Å². The summed E-state index contributed by atoms with van der Waals surface area (Å²) in [6, 6.07) is 3.85. The largest absolute Gasteiger partial charge is 0.377 e. The van der Waals surface area contributed by atoms with Gasteiger partial charge in [0.05, 0.1) is 18.9 Å². The molecule has 3 nitrogen and oxygen atoms in total. The third-order valence-corrected chi connectivity index (χ3v) is 2.73. The van der Waals surface area contributed by atoms with E-state index in [1.165, 1.54) is 0 Å². The third kappa shape index (κ3) is 2.02. The molecule has 0 spiro atoms. The van der Waals surface area contributed by atoms with Gasteiger partial charge in [0.25, 0.3) is 0 Å². The van der Waals surface area contributed by atoms with E-state index in [0.717, 1.165) is 10.2 Å². The molecule has 2 heterocycles. The van der Waals surface area contributed by atoms with Crippen LogP contribution < -0.4 is 6.15 Å². The SMILES string of the molecule is ClC1(c2ccc(Br)cn2)COC1.N. The van der Waals surface area contributed by atoms with Crippen LogP contribution in [0.1, 0.15) is 5.69 Å². The smallest absolute Gasteiger partial charge is 0.133 e. The molecule has 0 amide bonds. The van der Waals surface area contributed by atoms with Crippen molar-refractivity contribution in [2.45, 2.75) is 4.87 Å². The summed E-state index contributed by atoms with van der Waals surface area (Å²) in [7, 11) is 0. The number of aromatic nitrogens is 1. The molecule has 2 rings (SSSR count). The van der Waals surface area contributed by atoms with Crippen molar-refractivity contribution in [1.29, 1.82) is 0 Å². The van der Waals surface area contributed by atoms with Crippen LogP contribution in [0.2, 0.25) is 0 Å². The molecule has 0 unspecified atom stereocenters. The summed E-state index contributed by atoms with van der Waals surface area (Å²) in [6.07, 6.45) is 1.75. The molecule has 1 aliphatic heterocycles. The van der Waals surface area contributed by atoms with Gasteiger partial charge < -0.3 is 10.9 Å². The van der Waals surface area contributed by atoms with E-state index in [2.05, 4.69) is 20.9 Å². The molecule has 1 aromatic heterocycles. The van der Waals surface area contributed by atoms with Crippen molar-refractivity contribution in [2.24, 2.45) is 0 Å². The summed E-state index contributed by atoms with van der Waals surface area (Å²) in [5, 5.41) is 0. The Bertz CT molecular complexity index is 287. The second-order valence-corrected chi connectivity index (χ2v) is 4.46. The highest BCUT2D eigenvalue weighted by molar-refractivity contribution is 9.10. The zero-order valence-electron chi connectivity index (χ0n) is 6.96. The van der Waals surface area contributed by atoms with Crippen LogP contribution in [0.5, 0.6) is 0 Å². The van der Waals surface area contributed by atoms with Gasteiger partial charge in [-0.05, 0) is 28.1 Å². The van der Waals surface area contributed by atoms with Gasteiger partial charge in [0, 0.05) is 10.7 Å². The lowest BCUT2D eigenvalue weighted by atomic mass is 10.0. The van der Waals surface area contributed by atoms with Crippen molar-refractivity contribution in [3.05, 3.63) is 28.5 Å². The van der Waals surface area contributed by atoms with E-state index >= 15 is 0 Å². The van der Waals surface area contributed by atoms with Crippen molar-refractivity contribution in [3.63, 3.8) is 0 Å². The van der Waals surface area contributed by atoms with Crippen LogP contribution in [0.15, 0.2) is 22.8 Å². The maximum atomic E-state index is 6.18. The zero-order chi connectivity index (χ0) is 8.60. The summed E-state index contributed by atoms with van der Waals surface area (Å²) in [5.74, 6) is 0. The summed E-state index contributed by atoms with van der Waals surface area (Å²) < 4.78 is 6.00. The number of ether oxygens (including phenoxy) is 1. The van der Waals surface area contributed by atoms with Crippen LogP contribution in [0, 0.1) is 0 Å². The van der Waals surface area contributed by atoms with Crippen LogP contribution in [-0.2, 0) is 9.61 Å². The molecule has 1 saturated heterocycles. The second kappa shape index (κ2) is 3.92. The molecule has 5 heteroatoms.